The topological polar surface area (TPSA) is 48.4 Å². The van der Waals surface area contributed by atoms with Crippen LogP contribution in [0.15, 0.2) is 54.7 Å². The van der Waals surface area contributed by atoms with Crippen LogP contribution in [-0.2, 0) is 6.61 Å². The second-order valence-corrected chi connectivity index (χ2v) is 14.5. The molecule has 0 saturated heterocycles. The summed E-state index contributed by atoms with van der Waals surface area (Å²) in [5.74, 6) is 1.45. The van der Waals surface area contributed by atoms with E-state index in [2.05, 4.69) is 89.1 Å². The van der Waals surface area contributed by atoms with Gasteiger partial charge in [0.15, 0.2) is 6.29 Å². The van der Waals surface area contributed by atoms with Crippen LogP contribution >= 0.6 is 0 Å². The minimum atomic E-state index is -1.88. The molecular formula is C27H33NO3Si. The van der Waals surface area contributed by atoms with Crippen LogP contribution in [0.2, 0.25) is 18.1 Å². The van der Waals surface area contributed by atoms with Gasteiger partial charge in [-0.05, 0) is 78.0 Å². The molecule has 32 heavy (non-hydrogen) atoms. The van der Waals surface area contributed by atoms with Crippen molar-refractivity contribution >= 4 is 14.6 Å². The van der Waals surface area contributed by atoms with Crippen LogP contribution in [0.4, 0.5) is 0 Å². The third-order valence-electron chi connectivity index (χ3n) is 6.38. The van der Waals surface area contributed by atoms with E-state index in [1.807, 2.05) is 0 Å². The Hall–Kier alpha value is -2.92. The normalized spacial score (nSPS) is 11.8. The molecule has 168 valence electrons. The van der Waals surface area contributed by atoms with Crippen LogP contribution in [0.3, 0.4) is 0 Å². The van der Waals surface area contributed by atoms with Crippen LogP contribution in [0.25, 0.3) is 11.1 Å². The number of hydrogen-bond acceptors (Lipinski definition) is 4. The average molecular weight is 448 g/mol. The van der Waals surface area contributed by atoms with Crippen LogP contribution in [-0.4, -0.2) is 19.6 Å². The van der Waals surface area contributed by atoms with E-state index in [0.717, 1.165) is 17.6 Å². The molecule has 3 rings (SSSR count). The van der Waals surface area contributed by atoms with Gasteiger partial charge in [0.2, 0.25) is 14.2 Å². The van der Waals surface area contributed by atoms with Gasteiger partial charge in [0.05, 0.1) is 0 Å². The Bertz CT molecular complexity index is 1100. The number of nitrogens with zero attached hydrogens (tertiary/aromatic N) is 1. The minimum absolute atomic E-state index is 0.160. The van der Waals surface area contributed by atoms with Gasteiger partial charge < -0.3 is 9.16 Å². The maximum Gasteiger partial charge on any atom is 0.250 e. The number of rotatable bonds is 7. The quantitative estimate of drug-likeness (QED) is 0.285. The van der Waals surface area contributed by atoms with Crippen molar-refractivity contribution in [3.05, 3.63) is 77.0 Å². The highest BCUT2D eigenvalue weighted by atomic mass is 28.4. The van der Waals surface area contributed by atoms with Gasteiger partial charge in [0, 0.05) is 17.8 Å². The van der Waals surface area contributed by atoms with E-state index in [1.54, 1.807) is 12.1 Å². The number of carbonyl (C=O) groups is 1. The molecule has 0 saturated carbocycles. The molecule has 5 heteroatoms. The molecule has 0 amide bonds. The summed E-state index contributed by atoms with van der Waals surface area (Å²) in [6.07, 6.45) is 2.29. The first-order chi connectivity index (χ1) is 15.0. The second-order valence-electron chi connectivity index (χ2n) is 9.77. The Kier molecular flexibility index (Phi) is 6.89. The third kappa shape index (κ3) is 5.28. The first kappa shape index (κ1) is 23.7. The highest BCUT2D eigenvalue weighted by molar-refractivity contribution is 6.74. The maximum absolute atomic E-state index is 10.8. The smallest absolute Gasteiger partial charge is 0.250 e. The summed E-state index contributed by atoms with van der Waals surface area (Å²) in [6.45, 7) is 16.0. The lowest BCUT2D eigenvalue weighted by atomic mass is 9.94. The van der Waals surface area contributed by atoms with Gasteiger partial charge in [-0.1, -0.05) is 45.0 Å². The van der Waals surface area contributed by atoms with Crippen molar-refractivity contribution in [2.45, 2.75) is 59.4 Å². The molecule has 0 spiro atoms. The summed E-state index contributed by atoms with van der Waals surface area (Å²) >= 11 is 0. The van der Waals surface area contributed by atoms with Crippen molar-refractivity contribution in [3.8, 4) is 22.8 Å². The zero-order valence-corrected chi connectivity index (χ0v) is 21.2. The van der Waals surface area contributed by atoms with E-state index in [0.29, 0.717) is 18.1 Å². The largest absolute Gasteiger partial charge is 0.543 e. The van der Waals surface area contributed by atoms with Crippen molar-refractivity contribution in [2.75, 3.05) is 0 Å². The SMILES string of the molecule is Cc1cc(O[Si](C)(C)C(C)(C)C)ccc1-c1cccc(COc2ccc(C=O)cn2)c1C. The zero-order chi connectivity index (χ0) is 23.5. The van der Waals surface area contributed by atoms with E-state index < -0.39 is 8.32 Å². The zero-order valence-electron chi connectivity index (χ0n) is 20.2. The molecule has 0 N–H and O–H groups in total. The lowest BCUT2D eigenvalue weighted by Crippen LogP contribution is -2.43. The van der Waals surface area contributed by atoms with E-state index >= 15 is 0 Å². The number of ether oxygens (including phenoxy) is 1. The maximum atomic E-state index is 10.8. The fourth-order valence-corrected chi connectivity index (χ4v) is 4.30. The first-order valence-corrected chi connectivity index (χ1v) is 13.9. The molecule has 0 radical (unpaired) electrons. The van der Waals surface area contributed by atoms with Gasteiger partial charge in [0.25, 0.3) is 0 Å². The molecule has 0 aliphatic rings. The summed E-state index contributed by atoms with van der Waals surface area (Å²) in [7, 11) is -1.88. The van der Waals surface area contributed by atoms with Crippen LogP contribution in [0.5, 0.6) is 11.6 Å². The van der Waals surface area contributed by atoms with E-state index in [4.69, 9.17) is 9.16 Å². The second kappa shape index (κ2) is 9.29. The Labute approximate surface area is 192 Å². The Morgan fingerprint density at radius 2 is 1.75 bits per heavy atom. The van der Waals surface area contributed by atoms with E-state index in [-0.39, 0.29) is 5.04 Å². The monoisotopic (exact) mass is 447 g/mol. The predicted octanol–water partition coefficient (Wildman–Crippen LogP) is 7.14. The number of carbonyl (C=O) groups excluding carboxylic acids is 1. The Morgan fingerprint density at radius 3 is 2.34 bits per heavy atom. The molecule has 0 bridgehead atoms. The average Bonchev–Trinajstić information content (AvgIpc) is 2.73. The summed E-state index contributed by atoms with van der Waals surface area (Å²) in [4.78, 5) is 15.0. The first-order valence-electron chi connectivity index (χ1n) is 10.9. The van der Waals surface area contributed by atoms with Gasteiger partial charge in [-0.2, -0.15) is 0 Å². The van der Waals surface area contributed by atoms with Gasteiger partial charge in [0.1, 0.15) is 12.4 Å². The molecule has 4 nitrogen and oxygen atoms in total. The predicted molar refractivity (Wildman–Crippen MR) is 133 cm³/mol. The summed E-state index contributed by atoms with van der Waals surface area (Å²) in [6, 6.07) is 16.1. The lowest BCUT2D eigenvalue weighted by molar-refractivity contribution is 0.112. The van der Waals surface area contributed by atoms with Crippen LogP contribution in [0, 0.1) is 13.8 Å². The molecule has 0 aliphatic heterocycles. The summed E-state index contributed by atoms with van der Waals surface area (Å²) in [5, 5.41) is 0.160. The van der Waals surface area contributed by atoms with Crippen LogP contribution in [0.1, 0.15) is 47.8 Å². The van der Waals surface area contributed by atoms with Gasteiger partial charge in [-0.25, -0.2) is 4.98 Å². The van der Waals surface area contributed by atoms with E-state index in [1.165, 1.54) is 28.5 Å². The minimum Gasteiger partial charge on any atom is -0.543 e. The molecule has 2 aromatic carbocycles. The number of hydrogen-bond donors (Lipinski definition) is 0. The molecule has 3 aromatic rings. The fourth-order valence-electron chi connectivity index (χ4n) is 3.28. The van der Waals surface area contributed by atoms with Crippen molar-refractivity contribution in [2.24, 2.45) is 0 Å². The van der Waals surface area contributed by atoms with Crippen molar-refractivity contribution < 1.29 is 14.0 Å². The standard InChI is InChI=1S/C27H33NO3Si/c1-19-15-23(31-32(6,7)27(3,4)5)12-13-24(19)25-10-8-9-22(20(25)2)18-30-26-14-11-21(17-29)16-28-26/h8-17H,18H2,1-7H3. The fraction of sp³-hybridized carbons (Fsp3) is 0.333. The van der Waals surface area contributed by atoms with E-state index in [9.17, 15) is 4.79 Å². The molecular weight excluding hydrogens is 414 g/mol. The number of pyridine rings is 1. The molecule has 1 heterocycles. The summed E-state index contributed by atoms with van der Waals surface area (Å²) < 4.78 is 12.3. The summed E-state index contributed by atoms with van der Waals surface area (Å²) in [5.41, 5.74) is 6.38. The van der Waals surface area contributed by atoms with Gasteiger partial charge in [-0.3, -0.25) is 4.79 Å². The Balaban J connectivity index is 1.81. The highest BCUT2D eigenvalue weighted by Gasteiger charge is 2.39. The third-order valence-corrected chi connectivity index (χ3v) is 10.7. The number of aldehydes is 1. The molecule has 0 atom stereocenters. The number of aryl methyl sites for hydroxylation is 1. The number of benzene rings is 2. The van der Waals surface area contributed by atoms with Crippen molar-refractivity contribution in [1.82, 2.24) is 4.98 Å². The molecule has 0 aliphatic carbocycles. The highest BCUT2D eigenvalue weighted by Crippen LogP contribution is 2.38. The molecule has 1 aromatic heterocycles. The Morgan fingerprint density at radius 1 is 1.00 bits per heavy atom. The van der Waals surface area contributed by atoms with Gasteiger partial charge in [-0.15, -0.1) is 0 Å². The van der Waals surface area contributed by atoms with Crippen molar-refractivity contribution in [3.63, 3.8) is 0 Å². The molecule has 0 unspecified atom stereocenters. The van der Waals surface area contributed by atoms with Crippen molar-refractivity contribution in [1.29, 1.82) is 0 Å². The van der Waals surface area contributed by atoms with Gasteiger partial charge >= 0.3 is 0 Å². The lowest BCUT2D eigenvalue weighted by Gasteiger charge is -2.36. The molecule has 0 fully saturated rings. The van der Waals surface area contributed by atoms with Crippen LogP contribution < -0.4 is 9.16 Å². The number of aromatic nitrogens is 1.